The largest absolute Gasteiger partial charge is 0.353 e. The zero-order chi connectivity index (χ0) is 19.8. The van der Waals surface area contributed by atoms with E-state index in [-0.39, 0.29) is 11.8 Å². The predicted molar refractivity (Wildman–Crippen MR) is 115 cm³/mol. The first kappa shape index (κ1) is 18.2. The van der Waals surface area contributed by atoms with Gasteiger partial charge in [-0.25, -0.2) is 4.98 Å². The van der Waals surface area contributed by atoms with Gasteiger partial charge in [0, 0.05) is 30.4 Å². The maximum atomic E-state index is 13.0. The van der Waals surface area contributed by atoms with E-state index in [1.807, 2.05) is 30.6 Å². The van der Waals surface area contributed by atoms with Crippen molar-refractivity contribution in [2.45, 2.75) is 37.6 Å². The summed E-state index contributed by atoms with van der Waals surface area (Å²) in [4.78, 5) is 17.6. The lowest BCUT2D eigenvalue weighted by Gasteiger charge is -2.34. The Morgan fingerprint density at radius 1 is 1.10 bits per heavy atom. The van der Waals surface area contributed by atoms with E-state index < -0.39 is 5.54 Å². The van der Waals surface area contributed by atoms with Crippen molar-refractivity contribution >= 4 is 19.2 Å². The van der Waals surface area contributed by atoms with Gasteiger partial charge in [0.15, 0.2) is 0 Å². The number of nitrogens with one attached hydrogen (secondary N) is 1. The first-order valence-electron chi connectivity index (χ1n) is 10.5. The third kappa shape index (κ3) is 2.91. The lowest BCUT2D eigenvalue weighted by atomic mass is 9.80. The monoisotopic (exact) mass is 381 g/mol. The molecule has 2 radical (unpaired) electrons. The Morgan fingerprint density at radius 3 is 2.66 bits per heavy atom. The molecule has 29 heavy (non-hydrogen) atoms. The van der Waals surface area contributed by atoms with Gasteiger partial charge in [0.1, 0.15) is 19.2 Å². The van der Waals surface area contributed by atoms with Crippen LogP contribution in [-0.2, 0) is 10.3 Å². The van der Waals surface area contributed by atoms with Crippen LogP contribution in [0, 0.1) is 5.92 Å². The van der Waals surface area contributed by atoms with Crippen molar-refractivity contribution in [1.29, 1.82) is 0 Å². The normalized spacial score (nSPS) is 20.8. The highest BCUT2D eigenvalue weighted by Gasteiger charge is 2.45. The van der Waals surface area contributed by atoms with E-state index in [4.69, 9.17) is 7.85 Å². The van der Waals surface area contributed by atoms with Crippen LogP contribution < -0.4 is 10.8 Å². The average molecular weight is 381 g/mol. The number of imidazole rings is 1. The molecule has 1 aliphatic heterocycles. The lowest BCUT2D eigenvalue weighted by Crippen LogP contribution is -2.46. The van der Waals surface area contributed by atoms with Crippen molar-refractivity contribution in [1.82, 2.24) is 14.9 Å². The van der Waals surface area contributed by atoms with Crippen LogP contribution in [0.5, 0.6) is 0 Å². The second-order valence-corrected chi connectivity index (χ2v) is 8.20. The van der Waals surface area contributed by atoms with Crippen LogP contribution in [-0.4, -0.2) is 29.8 Å². The average Bonchev–Trinajstić information content (AvgIpc) is 3.35. The SMILES string of the molecule is [B]c1ccc(C2(CNC(=O)C3CCCCC3)c3ccccc3-c3nccn32)cc1. The van der Waals surface area contributed by atoms with Crippen LogP contribution in [0.1, 0.15) is 43.2 Å². The highest BCUT2D eigenvalue weighted by Crippen LogP contribution is 2.46. The number of nitrogens with zero attached hydrogens (tertiary/aromatic N) is 2. The number of hydrogen-bond donors (Lipinski definition) is 1. The fourth-order valence-electron chi connectivity index (χ4n) is 5.04. The summed E-state index contributed by atoms with van der Waals surface area (Å²) < 4.78 is 2.20. The molecule has 3 aromatic rings. The van der Waals surface area contributed by atoms with Gasteiger partial charge in [-0.05, 0) is 24.0 Å². The molecule has 1 fully saturated rings. The van der Waals surface area contributed by atoms with Crippen molar-refractivity contribution in [3.8, 4) is 11.4 Å². The molecule has 5 rings (SSSR count). The Kier molecular flexibility index (Phi) is 4.54. The second-order valence-electron chi connectivity index (χ2n) is 8.20. The standard InChI is InChI=1S/C24H24BN3O/c25-19-12-10-18(11-13-19)24(16-27-23(29)17-6-2-1-3-7-17)21-9-5-4-8-20(21)22-26-14-15-28(22)24/h4-5,8-15,17H,1-3,6-7,16H2,(H,27,29). The minimum Gasteiger partial charge on any atom is -0.353 e. The van der Waals surface area contributed by atoms with E-state index in [0.717, 1.165) is 53.7 Å². The van der Waals surface area contributed by atoms with Crippen molar-refractivity contribution in [3.63, 3.8) is 0 Å². The van der Waals surface area contributed by atoms with Crippen LogP contribution >= 0.6 is 0 Å². The van der Waals surface area contributed by atoms with Crippen LogP contribution in [0.2, 0.25) is 0 Å². The quantitative estimate of drug-likeness (QED) is 0.706. The van der Waals surface area contributed by atoms with Gasteiger partial charge < -0.3 is 9.88 Å². The summed E-state index contributed by atoms with van der Waals surface area (Å²) in [7, 11) is 5.97. The molecule has 0 spiro atoms. The number of hydrogen-bond acceptors (Lipinski definition) is 2. The van der Waals surface area contributed by atoms with Crippen molar-refractivity contribution in [2.75, 3.05) is 6.54 Å². The first-order chi connectivity index (χ1) is 14.2. The molecule has 2 aliphatic rings. The van der Waals surface area contributed by atoms with Crippen LogP contribution in [0.4, 0.5) is 0 Å². The van der Waals surface area contributed by atoms with Crippen molar-refractivity contribution in [2.24, 2.45) is 5.92 Å². The number of rotatable bonds is 4. The predicted octanol–water partition coefficient (Wildman–Crippen LogP) is 3.15. The number of fused-ring (bicyclic) bond motifs is 3. The Bertz CT molecular complexity index is 1040. The molecule has 144 valence electrons. The fourth-order valence-corrected chi connectivity index (χ4v) is 5.04. The van der Waals surface area contributed by atoms with Gasteiger partial charge in [0.05, 0.1) is 0 Å². The summed E-state index contributed by atoms with van der Waals surface area (Å²) in [5.41, 5.74) is 3.57. The highest BCUT2D eigenvalue weighted by molar-refractivity contribution is 6.32. The van der Waals surface area contributed by atoms with Crippen LogP contribution in [0.15, 0.2) is 60.9 Å². The molecule has 1 amide bonds. The molecular weight excluding hydrogens is 357 g/mol. The first-order valence-corrected chi connectivity index (χ1v) is 10.5. The molecule has 0 bridgehead atoms. The molecule has 0 saturated heterocycles. The molecule has 1 saturated carbocycles. The topological polar surface area (TPSA) is 46.9 Å². The van der Waals surface area contributed by atoms with E-state index in [0.29, 0.717) is 6.54 Å². The summed E-state index contributed by atoms with van der Waals surface area (Å²) in [6.07, 6.45) is 9.37. The van der Waals surface area contributed by atoms with Crippen molar-refractivity contribution < 1.29 is 4.79 Å². The third-order valence-electron chi connectivity index (χ3n) is 6.55. The molecule has 1 atom stereocenters. The number of carbonyl (C=O) groups is 1. The summed E-state index contributed by atoms with van der Waals surface area (Å²) in [6.45, 7) is 0.493. The molecule has 2 aromatic carbocycles. The molecule has 4 nitrogen and oxygen atoms in total. The molecule has 5 heteroatoms. The van der Waals surface area contributed by atoms with Gasteiger partial charge in [-0.1, -0.05) is 73.3 Å². The van der Waals surface area contributed by atoms with E-state index >= 15 is 0 Å². The number of benzene rings is 2. The smallest absolute Gasteiger partial charge is 0.223 e. The maximum Gasteiger partial charge on any atom is 0.223 e. The van der Waals surface area contributed by atoms with Gasteiger partial charge in [-0.2, -0.15) is 0 Å². The van der Waals surface area contributed by atoms with Crippen LogP contribution in [0.3, 0.4) is 0 Å². The molecular formula is C24H24BN3O. The fraction of sp³-hybridized carbons (Fsp3) is 0.333. The Labute approximate surface area is 172 Å². The summed E-state index contributed by atoms with van der Waals surface area (Å²) in [5.74, 6) is 1.24. The maximum absolute atomic E-state index is 13.0. The van der Waals surface area contributed by atoms with Gasteiger partial charge in [-0.15, -0.1) is 0 Å². The van der Waals surface area contributed by atoms with E-state index in [9.17, 15) is 4.79 Å². The lowest BCUT2D eigenvalue weighted by molar-refractivity contribution is -0.126. The Balaban J connectivity index is 1.58. The zero-order valence-corrected chi connectivity index (χ0v) is 16.5. The Morgan fingerprint density at radius 2 is 1.86 bits per heavy atom. The highest BCUT2D eigenvalue weighted by atomic mass is 16.1. The second kappa shape index (κ2) is 7.22. The molecule has 2 heterocycles. The van der Waals surface area contributed by atoms with Gasteiger partial charge >= 0.3 is 0 Å². The number of amides is 1. The van der Waals surface area contributed by atoms with Crippen LogP contribution in [0.25, 0.3) is 11.4 Å². The molecule has 1 aliphatic carbocycles. The molecule has 1 unspecified atom stereocenters. The van der Waals surface area contributed by atoms with E-state index in [2.05, 4.69) is 45.2 Å². The molecule has 1 N–H and O–H groups in total. The zero-order valence-electron chi connectivity index (χ0n) is 16.5. The minimum atomic E-state index is -0.527. The van der Waals surface area contributed by atoms with Gasteiger partial charge in [0.2, 0.25) is 5.91 Å². The molecule has 1 aromatic heterocycles. The third-order valence-corrected chi connectivity index (χ3v) is 6.55. The summed E-state index contributed by atoms with van der Waals surface area (Å²) in [6, 6.07) is 16.3. The number of aromatic nitrogens is 2. The van der Waals surface area contributed by atoms with Gasteiger partial charge in [-0.3, -0.25) is 4.79 Å². The van der Waals surface area contributed by atoms with E-state index in [1.165, 1.54) is 6.42 Å². The number of carbonyl (C=O) groups excluding carboxylic acids is 1. The van der Waals surface area contributed by atoms with Gasteiger partial charge in [0.25, 0.3) is 0 Å². The van der Waals surface area contributed by atoms with E-state index in [1.54, 1.807) is 0 Å². The summed E-state index contributed by atoms with van der Waals surface area (Å²) in [5, 5.41) is 3.30. The minimum absolute atomic E-state index is 0.131. The summed E-state index contributed by atoms with van der Waals surface area (Å²) >= 11 is 0. The Hall–Kier alpha value is -2.82. The van der Waals surface area contributed by atoms with Crippen molar-refractivity contribution in [3.05, 3.63) is 72.1 Å².